The molecule has 140 valence electrons. The Kier molecular flexibility index (Phi) is 5.13. The number of carbonyl (C=O) groups is 1. The summed E-state index contributed by atoms with van der Waals surface area (Å²) in [6.45, 7) is 0.402. The second kappa shape index (κ2) is 7.71. The van der Waals surface area contributed by atoms with Crippen molar-refractivity contribution in [3.05, 3.63) is 69.3 Å². The van der Waals surface area contributed by atoms with Crippen LogP contribution >= 0.6 is 34.5 Å². The number of carbonyl (C=O) groups excluding carboxylic acids is 1. The minimum Gasteiger partial charge on any atom is -0.368 e. The fourth-order valence-electron chi connectivity index (χ4n) is 2.71. The summed E-state index contributed by atoms with van der Waals surface area (Å²) >= 11 is 13.6. The van der Waals surface area contributed by atoms with Crippen molar-refractivity contribution in [1.29, 1.82) is 0 Å². The minimum atomic E-state index is -0.202. The van der Waals surface area contributed by atoms with Gasteiger partial charge in [0.2, 0.25) is 5.95 Å². The number of thiophene rings is 1. The van der Waals surface area contributed by atoms with Crippen molar-refractivity contribution in [3.63, 3.8) is 0 Å². The normalized spacial score (nSPS) is 10.9. The highest BCUT2D eigenvalue weighted by atomic mass is 35.5. The molecule has 28 heavy (non-hydrogen) atoms. The predicted molar refractivity (Wildman–Crippen MR) is 113 cm³/mol. The molecule has 3 N–H and O–H groups in total. The molecule has 0 spiro atoms. The van der Waals surface area contributed by atoms with Gasteiger partial charge in [-0.05, 0) is 42.0 Å². The zero-order valence-corrected chi connectivity index (χ0v) is 16.6. The third kappa shape index (κ3) is 3.77. The number of aromatic nitrogens is 3. The van der Waals surface area contributed by atoms with Gasteiger partial charge >= 0.3 is 0 Å². The van der Waals surface area contributed by atoms with Gasteiger partial charge in [0, 0.05) is 34.9 Å². The Labute approximate surface area is 174 Å². The molecular formula is C19H13Cl2N5OS. The van der Waals surface area contributed by atoms with Gasteiger partial charge in [-0.2, -0.15) is 0 Å². The van der Waals surface area contributed by atoms with Crippen LogP contribution in [-0.2, 0) is 6.54 Å². The van der Waals surface area contributed by atoms with Gasteiger partial charge in [-0.25, -0.2) is 9.97 Å². The van der Waals surface area contributed by atoms with Gasteiger partial charge in [-0.15, -0.1) is 11.3 Å². The van der Waals surface area contributed by atoms with E-state index in [4.69, 9.17) is 28.9 Å². The molecule has 0 saturated heterocycles. The van der Waals surface area contributed by atoms with E-state index < -0.39 is 0 Å². The van der Waals surface area contributed by atoms with E-state index in [9.17, 15) is 4.79 Å². The van der Waals surface area contributed by atoms with Crippen LogP contribution in [0.1, 0.15) is 15.2 Å². The standard InChI is InChI=1S/C19H13Cl2N5OS/c20-11-1-2-12(14(21)7-11)16-13-8-15(28-18(13)26-19(22)25-16)17(27)24-9-10-3-5-23-6-4-10/h1-8H,9H2,(H,24,27)(H2,22,25,26). The summed E-state index contributed by atoms with van der Waals surface area (Å²) in [6, 6.07) is 10.6. The number of anilines is 1. The lowest BCUT2D eigenvalue weighted by molar-refractivity contribution is 0.0955. The highest BCUT2D eigenvalue weighted by Gasteiger charge is 2.18. The fourth-order valence-corrected chi connectivity index (χ4v) is 4.16. The van der Waals surface area contributed by atoms with Gasteiger partial charge in [0.05, 0.1) is 15.6 Å². The summed E-state index contributed by atoms with van der Waals surface area (Å²) in [4.78, 5) is 26.3. The molecule has 0 unspecified atom stereocenters. The molecule has 3 aromatic heterocycles. The monoisotopic (exact) mass is 429 g/mol. The van der Waals surface area contributed by atoms with Gasteiger partial charge < -0.3 is 11.1 Å². The van der Waals surface area contributed by atoms with Crippen molar-refractivity contribution >= 4 is 56.6 Å². The molecule has 1 aromatic carbocycles. The first-order valence-corrected chi connectivity index (χ1v) is 9.78. The van der Waals surface area contributed by atoms with Crippen LogP contribution in [0.2, 0.25) is 10.0 Å². The molecule has 6 nitrogen and oxygen atoms in total. The first kappa shape index (κ1) is 18.6. The van der Waals surface area contributed by atoms with Crippen LogP contribution < -0.4 is 11.1 Å². The van der Waals surface area contributed by atoms with Crippen LogP contribution in [0.3, 0.4) is 0 Å². The summed E-state index contributed by atoms with van der Waals surface area (Å²) in [6.07, 6.45) is 3.36. The number of nitrogens with two attached hydrogens (primary N) is 1. The smallest absolute Gasteiger partial charge is 0.261 e. The number of benzene rings is 1. The molecule has 0 saturated carbocycles. The quantitative estimate of drug-likeness (QED) is 0.495. The summed E-state index contributed by atoms with van der Waals surface area (Å²) in [5.41, 5.74) is 8.07. The molecule has 4 rings (SSSR count). The van der Waals surface area contributed by atoms with E-state index in [1.807, 2.05) is 12.1 Å². The molecule has 0 bridgehead atoms. The van der Waals surface area contributed by atoms with E-state index in [1.165, 1.54) is 11.3 Å². The van der Waals surface area contributed by atoms with Crippen molar-refractivity contribution < 1.29 is 4.79 Å². The van der Waals surface area contributed by atoms with Gasteiger partial charge in [-0.1, -0.05) is 23.2 Å². The topological polar surface area (TPSA) is 93.8 Å². The van der Waals surface area contributed by atoms with E-state index in [2.05, 4.69) is 20.3 Å². The number of hydrogen-bond acceptors (Lipinski definition) is 6. The molecule has 0 aliphatic rings. The SMILES string of the molecule is Nc1nc(-c2ccc(Cl)cc2Cl)c2cc(C(=O)NCc3ccncc3)sc2n1. The number of nitrogens with one attached hydrogen (secondary N) is 1. The predicted octanol–water partition coefficient (Wildman–Crippen LogP) is 4.57. The lowest BCUT2D eigenvalue weighted by Gasteiger charge is -2.06. The van der Waals surface area contributed by atoms with Gasteiger partial charge in [0.25, 0.3) is 5.91 Å². The van der Waals surface area contributed by atoms with E-state index in [1.54, 1.807) is 36.7 Å². The second-order valence-corrected chi connectivity index (χ2v) is 7.80. The van der Waals surface area contributed by atoms with Crippen LogP contribution in [0, 0.1) is 0 Å². The molecule has 0 fully saturated rings. The number of hydrogen-bond donors (Lipinski definition) is 2. The van der Waals surface area contributed by atoms with Crippen molar-refractivity contribution in [1.82, 2.24) is 20.3 Å². The molecule has 0 atom stereocenters. The summed E-state index contributed by atoms with van der Waals surface area (Å²) in [5, 5.41) is 4.56. The second-order valence-electron chi connectivity index (χ2n) is 5.92. The molecule has 0 aliphatic heterocycles. The Morgan fingerprint density at radius 3 is 2.64 bits per heavy atom. The number of rotatable bonds is 4. The highest BCUT2D eigenvalue weighted by molar-refractivity contribution is 7.20. The lowest BCUT2D eigenvalue weighted by Crippen LogP contribution is -2.21. The van der Waals surface area contributed by atoms with Crippen LogP contribution in [0.4, 0.5) is 5.95 Å². The lowest BCUT2D eigenvalue weighted by atomic mass is 10.1. The average Bonchev–Trinajstić information content (AvgIpc) is 3.10. The van der Waals surface area contributed by atoms with E-state index >= 15 is 0 Å². The molecule has 3 heterocycles. The van der Waals surface area contributed by atoms with Gasteiger partial charge in [-0.3, -0.25) is 9.78 Å². The van der Waals surface area contributed by atoms with Gasteiger partial charge in [0.15, 0.2) is 0 Å². The van der Waals surface area contributed by atoms with Crippen molar-refractivity contribution in [3.8, 4) is 11.3 Å². The molecule has 4 aromatic rings. The highest BCUT2D eigenvalue weighted by Crippen LogP contribution is 2.36. The Balaban J connectivity index is 1.69. The number of nitrogen functional groups attached to an aromatic ring is 1. The minimum absolute atomic E-state index is 0.110. The zero-order valence-electron chi connectivity index (χ0n) is 14.3. The summed E-state index contributed by atoms with van der Waals surface area (Å²) in [7, 11) is 0. The summed E-state index contributed by atoms with van der Waals surface area (Å²) in [5.74, 6) is -0.0920. The number of amides is 1. The third-order valence-electron chi connectivity index (χ3n) is 4.02. The van der Waals surface area contributed by atoms with Crippen LogP contribution in [0.15, 0.2) is 48.8 Å². The van der Waals surface area contributed by atoms with E-state index in [-0.39, 0.29) is 11.9 Å². The van der Waals surface area contributed by atoms with Crippen LogP contribution in [0.25, 0.3) is 21.5 Å². The Morgan fingerprint density at radius 2 is 1.89 bits per heavy atom. The van der Waals surface area contributed by atoms with Crippen molar-refractivity contribution in [2.45, 2.75) is 6.54 Å². The van der Waals surface area contributed by atoms with E-state index in [0.29, 0.717) is 42.9 Å². The molecular weight excluding hydrogens is 417 g/mol. The molecule has 9 heteroatoms. The van der Waals surface area contributed by atoms with Crippen molar-refractivity contribution in [2.75, 3.05) is 5.73 Å². The zero-order chi connectivity index (χ0) is 19.7. The van der Waals surface area contributed by atoms with E-state index in [0.717, 1.165) is 5.56 Å². The fraction of sp³-hybridized carbons (Fsp3) is 0.0526. The first-order valence-electron chi connectivity index (χ1n) is 8.21. The third-order valence-corrected chi connectivity index (χ3v) is 5.60. The maximum atomic E-state index is 12.6. The number of nitrogens with zero attached hydrogens (tertiary/aromatic N) is 3. The van der Waals surface area contributed by atoms with Crippen LogP contribution in [0.5, 0.6) is 0 Å². The number of pyridine rings is 1. The van der Waals surface area contributed by atoms with Crippen molar-refractivity contribution in [2.24, 2.45) is 0 Å². The maximum Gasteiger partial charge on any atom is 0.261 e. The number of fused-ring (bicyclic) bond motifs is 1. The van der Waals surface area contributed by atoms with Crippen LogP contribution in [-0.4, -0.2) is 20.9 Å². The molecule has 0 radical (unpaired) electrons. The molecule has 0 aliphatic carbocycles. The Bertz CT molecular complexity index is 1180. The Hall–Kier alpha value is -2.74. The maximum absolute atomic E-state index is 12.6. The largest absolute Gasteiger partial charge is 0.368 e. The molecule has 1 amide bonds. The first-order chi connectivity index (χ1) is 13.5. The number of halogens is 2. The summed E-state index contributed by atoms with van der Waals surface area (Å²) < 4.78 is 0. The Morgan fingerprint density at radius 1 is 1.11 bits per heavy atom. The average molecular weight is 430 g/mol. The van der Waals surface area contributed by atoms with Gasteiger partial charge in [0.1, 0.15) is 4.83 Å².